The average molecular weight is 363 g/mol. The SMILES string of the molecule is CC(=O)Cc1nsc(NC(=O)c2ccc(COC3CCCCC3)o2)n1. The Labute approximate surface area is 149 Å². The van der Waals surface area contributed by atoms with Gasteiger partial charge >= 0.3 is 0 Å². The first-order valence-electron chi connectivity index (χ1n) is 8.44. The molecule has 0 saturated heterocycles. The number of nitrogens with one attached hydrogen (secondary N) is 1. The van der Waals surface area contributed by atoms with Gasteiger partial charge in [0, 0.05) is 11.5 Å². The second-order valence-electron chi connectivity index (χ2n) is 6.19. The Morgan fingerprint density at radius 1 is 1.32 bits per heavy atom. The van der Waals surface area contributed by atoms with Gasteiger partial charge in [0.2, 0.25) is 5.13 Å². The molecule has 134 valence electrons. The van der Waals surface area contributed by atoms with Crippen molar-refractivity contribution in [3.05, 3.63) is 29.5 Å². The quantitative estimate of drug-likeness (QED) is 0.810. The molecule has 0 atom stereocenters. The van der Waals surface area contributed by atoms with Gasteiger partial charge in [0.15, 0.2) is 11.6 Å². The Morgan fingerprint density at radius 3 is 2.88 bits per heavy atom. The van der Waals surface area contributed by atoms with Crippen molar-refractivity contribution >= 4 is 28.4 Å². The summed E-state index contributed by atoms with van der Waals surface area (Å²) in [6, 6.07) is 3.37. The number of rotatable bonds is 7. The number of amides is 1. The minimum atomic E-state index is -0.394. The summed E-state index contributed by atoms with van der Waals surface area (Å²) in [7, 11) is 0. The first-order chi connectivity index (χ1) is 12.1. The highest BCUT2D eigenvalue weighted by molar-refractivity contribution is 7.09. The third-order valence-corrected chi connectivity index (χ3v) is 4.66. The zero-order chi connectivity index (χ0) is 17.6. The summed E-state index contributed by atoms with van der Waals surface area (Å²) in [4.78, 5) is 27.4. The molecule has 25 heavy (non-hydrogen) atoms. The van der Waals surface area contributed by atoms with Crippen molar-refractivity contribution in [1.29, 1.82) is 0 Å². The molecule has 0 spiro atoms. The minimum Gasteiger partial charge on any atom is -0.453 e. The van der Waals surface area contributed by atoms with Crippen LogP contribution in [0.4, 0.5) is 5.13 Å². The zero-order valence-electron chi connectivity index (χ0n) is 14.1. The normalized spacial score (nSPS) is 15.2. The smallest absolute Gasteiger partial charge is 0.293 e. The van der Waals surface area contributed by atoms with E-state index in [1.54, 1.807) is 12.1 Å². The van der Waals surface area contributed by atoms with Gasteiger partial charge in [-0.2, -0.15) is 4.37 Å². The maximum absolute atomic E-state index is 12.2. The highest BCUT2D eigenvalue weighted by Gasteiger charge is 2.17. The van der Waals surface area contributed by atoms with Crippen LogP contribution in [0.5, 0.6) is 0 Å². The van der Waals surface area contributed by atoms with Gasteiger partial charge in [-0.05, 0) is 31.9 Å². The topological polar surface area (TPSA) is 94.3 Å². The summed E-state index contributed by atoms with van der Waals surface area (Å²) < 4.78 is 15.4. The molecule has 1 N–H and O–H groups in total. The molecule has 0 radical (unpaired) electrons. The van der Waals surface area contributed by atoms with Crippen molar-refractivity contribution < 1.29 is 18.7 Å². The maximum atomic E-state index is 12.2. The van der Waals surface area contributed by atoms with Crippen LogP contribution in [0.3, 0.4) is 0 Å². The molecule has 2 aromatic heterocycles. The lowest BCUT2D eigenvalue weighted by molar-refractivity contribution is -0.116. The van der Waals surface area contributed by atoms with Gasteiger partial charge in [-0.1, -0.05) is 19.3 Å². The van der Waals surface area contributed by atoms with E-state index in [2.05, 4.69) is 14.7 Å². The number of nitrogens with zero attached hydrogens (tertiary/aromatic N) is 2. The molecule has 1 aliphatic rings. The summed E-state index contributed by atoms with van der Waals surface area (Å²) in [6.45, 7) is 1.85. The van der Waals surface area contributed by atoms with Crippen molar-refractivity contribution in [2.45, 2.75) is 58.2 Å². The Morgan fingerprint density at radius 2 is 2.12 bits per heavy atom. The van der Waals surface area contributed by atoms with Crippen LogP contribution >= 0.6 is 11.5 Å². The summed E-state index contributed by atoms with van der Waals surface area (Å²) in [5.74, 6) is 0.823. The number of carbonyl (C=O) groups excluding carboxylic acids is 2. The summed E-state index contributed by atoms with van der Waals surface area (Å²) >= 11 is 1.04. The van der Waals surface area contributed by atoms with E-state index in [1.165, 1.54) is 26.2 Å². The Kier molecular flexibility index (Phi) is 5.93. The van der Waals surface area contributed by atoms with Gasteiger partial charge < -0.3 is 9.15 Å². The predicted octanol–water partition coefficient (Wildman–Crippen LogP) is 3.36. The Balaban J connectivity index is 1.51. The average Bonchev–Trinajstić information content (AvgIpc) is 3.23. The highest BCUT2D eigenvalue weighted by atomic mass is 32.1. The van der Waals surface area contributed by atoms with Crippen molar-refractivity contribution in [3.63, 3.8) is 0 Å². The molecular weight excluding hydrogens is 342 g/mol. The van der Waals surface area contributed by atoms with Crippen LogP contribution in [0.15, 0.2) is 16.5 Å². The van der Waals surface area contributed by atoms with Crippen LogP contribution in [0.1, 0.15) is 61.2 Å². The fourth-order valence-electron chi connectivity index (χ4n) is 2.77. The van der Waals surface area contributed by atoms with Gasteiger partial charge in [0.05, 0.1) is 12.5 Å². The number of ether oxygens (including phenoxy) is 1. The lowest BCUT2D eigenvalue weighted by Crippen LogP contribution is -2.16. The largest absolute Gasteiger partial charge is 0.453 e. The van der Waals surface area contributed by atoms with Crippen LogP contribution in [0.25, 0.3) is 0 Å². The van der Waals surface area contributed by atoms with Gasteiger partial charge in [-0.25, -0.2) is 4.98 Å². The molecule has 0 aromatic carbocycles. The standard InChI is InChI=1S/C17H21N3O4S/c1-11(21)9-15-18-17(25-20-15)19-16(22)14-8-7-13(24-14)10-23-12-5-3-2-4-6-12/h7-8,12H,2-6,9-10H2,1H3,(H,18,19,20,22). The molecule has 7 nitrogen and oxygen atoms in total. The van der Waals surface area contributed by atoms with Crippen molar-refractivity contribution in [1.82, 2.24) is 9.36 Å². The van der Waals surface area contributed by atoms with Crippen LogP contribution in [-0.4, -0.2) is 27.2 Å². The van der Waals surface area contributed by atoms with Gasteiger partial charge in [-0.15, -0.1) is 0 Å². The van der Waals surface area contributed by atoms with E-state index >= 15 is 0 Å². The fraction of sp³-hybridized carbons (Fsp3) is 0.529. The number of Topliss-reactive ketones (excluding diaryl/α,β-unsaturated/α-hetero) is 1. The second kappa shape index (κ2) is 8.35. The predicted molar refractivity (Wildman–Crippen MR) is 92.6 cm³/mol. The summed E-state index contributed by atoms with van der Waals surface area (Å²) in [5, 5.41) is 2.98. The van der Waals surface area contributed by atoms with E-state index in [4.69, 9.17) is 9.15 Å². The Bertz CT molecular complexity index is 734. The number of ketones is 1. The zero-order valence-corrected chi connectivity index (χ0v) is 14.9. The van der Waals surface area contributed by atoms with Gasteiger partial charge in [0.25, 0.3) is 5.91 Å². The third-order valence-electron chi connectivity index (χ3n) is 3.99. The fourth-order valence-corrected chi connectivity index (χ4v) is 3.35. The molecule has 2 aromatic rings. The van der Waals surface area contributed by atoms with E-state index in [-0.39, 0.29) is 24.1 Å². The lowest BCUT2D eigenvalue weighted by Gasteiger charge is -2.21. The van der Waals surface area contributed by atoms with Crippen molar-refractivity contribution in [3.8, 4) is 0 Å². The number of hydrogen-bond acceptors (Lipinski definition) is 7. The molecule has 8 heteroatoms. The van der Waals surface area contributed by atoms with Crippen LogP contribution < -0.4 is 5.32 Å². The molecule has 1 fully saturated rings. The van der Waals surface area contributed by atoms with Crippen LogP contribution in [-0.2, 0) is 22.6 Å². The summed E-state index contributed by atoms with van der Waals surface area (Å²) in [5.41, 5.74) is 0. The van der Waals surface area contributed by atoms with Crippen LogP contribution in [0, 0.1) is 0 Å². The monoisotopic (exact) mass is 363 g/mol. The van der Waals surface area contributed by atoms with Gasteiger partial charge in [0.1, 0.15) is 18.2 Å². The lowest BCUT2D eigenvalue weighted by atomic mass is 9.98. The van der Waals surface area contributed by atoms with E-state index in [0.717, 1.165) is 24.4 Å². The van der Waals surface area contributed by atoms with E-state index in [1.807, 2.05) is 0 Å². The van der Waals surface area contributed by atoms with Crippen LogP contribution in [0.2, 0.25) is 0 Å². The Hall–Kier alpha value is -2.06. The molecule has 0 unspecified atom stereocenters. The number of carbonyl (C=O) groups is 2. The molecule has 2 heterocycles. The van der Waals surface area contributed by atoms with Crippen molar-refractivity contribution in [2.75, 3.05) is 5.32 Å². The molecule has 3 rings (SSSR count). The molecule has 1 amide bonds. The van der Waals surface area contributed by atoms with Gasteiger partial charge in [-0.3, -0.25) is 14.9 Å². The maximum Gasteiger partial charge on any atom is 0.293 e. The van der Waals surface area contributed by atoms with Crippen molar-refractivity contribution in [2.24, 2.45) is 0 Å². The van der Waals surface area contributed by atoms with E-state index in [0.29, 0.717) is 23.3 Å². The number of aromatic nitrogens is 2. The number of anilines is 1. The van der Waals surface area contributed by atoms with E-state index in [9.17, 15) is 9.59 Å². The van der Waals surface area contributed by atoms with E-state index < -0.39 is 5.91 Å². The molecule has 1 aliphatic carbocycles. The molecule has 0 aliphatic heterocycles. The minimum absolute atomic E-state index is 0.0238. The highest BCUT2D eigenvalue weighted by Crippen LogP contribution is 2.22. The first-order valence-corrected chi connectivity index (χ1v) is 9.21. The second-order valence-corrected chi connectivity index (χ2v) is 6.94. The molecular formula is C17H21N3O4S. The number of furan rings is 1. The summed E-state index contributed by atoms with van der Waals surface area (Å²) in [6.07, 6.45) is 6.34. The number of hydrogen-bond donors (Lipinski definition) is 1. The molecule has 1 saturated carbocycles. The third kappa shape index (κ3) is 5.20. The first kappa shape index (κ1) is 17.8. The molecule has 0 bridgehead atoms.